The van der Waals surface area contributed by atoms with Crippen LogP contribution in [0.3, 0.4) is 0 Å². The second-order valence-electron chi connectivity index (χ2n) is 5.58. The molecule has 0 saturated carbocycles. The van der Waals surface area contributed by atoms with Gasteiger partial charge in [-0.15, -0.1) is 0 Å². The number of hydrogen-bond acceptors (Lipinski definition) is 0. The van der Waals surface area contributed by atoms with Crippen molar-refractivity contribution < 1.29 is 0 Å². The highest BCUT2D eigenvalue weighted by atomic mass is 35.5. The van der Waals surface area contributed by atoms with Gasteiger partial charge in [-0.3, -0.25) is 0 Å². The van der Waals surface area contributed by atoms with E-state index >= 15 is 0 Å². The zero-order valence-electron chi connectivity index (χ0n) is 14.1. The summed E-state index contributed by atoms with van der Waals surface area (Å²) in [5.41, 5.74) is 2.56. The lowest BCUT2D eigenvalue weighted by molar-refractivity contribution is 0.456. The molecule has 0 radical (unpaired) electrons. The molecule has 0 bridgehead atoms. The maximum absolute atomic E-state index is 6.13. The minimum absolute atomic E-state index is 0.906. The van der Waals surface area contributed by atoms with Gasteiger partial charge in [-0.2, -0.15) is 0 Å². The molecule has 0 aliphatic rings. The third kappa shape index (κ3) is 8.64. The molecule has 1 aromatic rings. The fourth-order valence-corrected chi connectivity index (χ4v) is 2.63. The Morgan fingerprint density at radius 3 is 2.35 bits per heavy atom. The fourth-order valence-electron chi connectivity index (χ4n) is 2.43. The van der Waals surface area contributed by atoms with Crippen molar-refractivity contribution in [2.75, 3.05) is 0 Å². The van der Waals surface area contributed by atoms with Crippen LogP contribution in [0, 0.1) is 12.8 Å². The lowest BCUT2D eigenvalue weighted by Crippen LogP contribution is -1.94. The molecule has 0 fully saturated rings. The molecule has 0 saturated heterocycles. The van der Waals surface area contributed by atoms with Crippen molar-refractivity contribution in [2.24, 2.45) is 5.92 Å². The molecule has 0 aliphatic carbocycles. The van der Waals surface area contributed by atoms with Crippen LogP contribution in [0.5, 0.6) is 0 Å². The first kappa shape index (κ1) is 19.5. The van der Waals surface area contributed by atoms with Gasteiger partial charge in [0, 0.05) is 5.02 Å². The fraction of sp³-hybridized carbons (Fsp3) is 0.684. The molecule has 0 nitrogen and oxygen atoms in total. The van der Waals surface area contributed by atoms with Crippen LogP contribution in [0.2, 0.25) is 5.02 Å². The predicted octanol–water partition coefficient (Wildman–Crippen LogP) is 7.21. The Bertz CT molecular complexity index is 344. The maximum atomic E-state index is 6.13. The number of aryl methyl sites for hydroxylation is 2. The third-order valence-corrected chi connectivity index (χ3v) is 4.09. The largest absolute Gasteiger partial charge is 0.0840 e. The maximum Gasteiger partial charge on any atom is 0.0437 e. The number of unbranched alkanes of at least 4 members (excludes halogenated alkanes) is 2. The minimum Gasteiger partial charge on any atom is -0.0840 e. The third-order valence-electron chi connectivity index (χ3n) is 3.68. The summed E-state index contributed by atoms with van der Waals surface area (Å²) >= 11 is 6.13. The number of benzene rings is 1. The molecule has 0 spiro atoms. The molecular formula is C19H33Cl. The number of halogens is 1. The van der Waals surface area contributed by atoms with Crippen LogP contribution in [0.4, 0.5) is 0 Å². The number of rotatable bonds is 8. The van der Waals surface area contributed by atoms with Crippen LogP contribution in [0.1, 0.15) is 77.3 Å². The van der Waals surface area contributed by atoms with E-state index in [0.717, 1.165) is 10.9 Å². The van der Waals surface area contributed by atoms with Crippen molar-refractivity contribution in [2.45, 2.75) is 79.6 Å². The van der Waals surface area contributed by atoms with Crippen LogP contribution >= 0.6 is 11.6 Å². The summed E-state index contributed by atoms with van der Waals surface area (Å²) in [6, 6.07) is 6.46. The molecule has 20 heavy (non-hydrogen) atoms. The zero-order chi connectivity index (χ0) is 15.4. The van der Waals surface area contributed by atoms with Crippen LogP contribution < -0.4 is 0 Å². The van der Waals surface area contributed by atoms with E-state index in [-0.39, 0.29) is 0 Å². The van der Waals surface area contributed by atoms with E-state index in [1.165, 1.54) is 56.1 Å². The van der Waals surface area contributed by atoms with Gasteiger partial charge in [0.05, 0.1) is 0 Å². The number of hydrogen-bond donors (Lipinski definition) is 0. The van der Waals surface area contributed by atoms with E-state index in [1.807, 2.05) is 13.8 Å². The average Bonchev–Trinajstić information content (AvgIpc) is 2.45. The SMILES string of the molecule is CC.CCCC(C)CCCCCc1ccc(C)c(Cl)c1. The topological polar surface area (TPSA) is 0 Å². The van der Waals surface area contributed by atoms with E-state index in [1.54, 1.807) is 0 Å². The van der Waals surface area contributed by atoms with Crippen molar-refractivity contribution >= 4 is 11.6 Å². The van der Waals surface area contributed by atoms with Crippen LogP contribution in [-0.2, 0) is 6.42 Å². The second kappa shape index (κ2) is 12.3. The van der Waals surface area contributed by atoms with Gasteiger partial charge in [0.1, 0.15) is 0 Å². The summed E-state index contributed by atoms with van der Waals surface area (Å²) in [4.78, 5) is 0. The highest BCUT2D eigenvalue weighted by Gasteiger charge is 2.01. The van der Waals surface area contributed by atoms with Gasteiger partial charge in [0.25, 0.3) is 0 Å². The second-order valence-corrected chi connectivity index (χ2v) is 5.98. The summed E-state index contributed by atoms with van der Waals surface area (Å²) in [6.45, 7) is 10.7. The van der Waals surface area contributed by atoms with Crippen molar-refractivity contribution in [1.29, 1.82) is 0 Å². The Morgan fingerprint density at radius 1 is 1.05 bits per heavy atom. The van der Waals surface area contributed by atoms with Crippen molar-refractivity contribution in [1.82, 2.24) is 0 Å². The Balaban J connectivity index is 0.00000172. The summed E-state index contributed by atoms with van der Waals surface area (Å²) in [6.07, 6.45) is 9.28. The molecule has 0 aromatic heterocycles. The van der Waals surface area contributed by atoms with Gasteiger partial charge < -0.3 is 0 Å². The Hall–Kier alpha value is -0.490. The lowest BCUT2D eigenvalue weighted by atomic mass is 9.97. The van der Waals surface area contributed by atoms with Gasteiger partial charge in [-0.05, 0) is 42.9 Å². The molecule has 1 rings (SSSR count). The molecule has 116 valence electrons. The molecular weight excluding hydrogens is 264 g/mol. The highest BCUT2D eigenvalue weighted by Crippen LogP contribution is 2.19. The summed E-state index contributed by atoms with van der Waals surface area (Å²) in [5.74, 6) is 0.906. The van der Waals surface area contributed by atoms with Crippen LogP contribution in [0.25, 0.3) is 0 Å². The molecule has 0 N–H and O–H groups in total. The summed E-state index contributed by atoms with van der Waals surface area (Å²) < 4.78 is 0. The molecule has 0 heterocycles. The molecule has 0 amide bonds. The van der Waals surface area contributed by atoms with E-state index in [9.17, 15) is 0 Å². The normalized spacial score (nSPS) is 11.7. The zero-order valence-corrected chi connectivity index (χ0v) is 14.9. The van der Waals surface area contributed by atoms with Crippen molar-refractivity contribution in [3.63, 3.8) is 0 Å². The van der Waals surface area contributed by atoms with Gasteiger partial charge in [-0.1, -0.05) is 83.5 Å². The predicted molar refractivity (Wildman–Crippen MR) is 93.8 cm³/mol. The quantitative estimate of drug-likeness (QED) is 0.444. The summed E-state index contributed by atoms with van der Waals surface area (Å²) in [7, 11) is 0. The van der Waals surface area contributed by atoms with E-state index < -0.39 is 0 Å². The minimum atomic E-state index is 0.906. The van der Waals surface area contributed by atoms with Crippen molar-refractivity contribution in [3.8, 4) is 0 Å². The Labute approximate surface area is 131 Å². The Kier molecular flexibility index (Phi) is 12.0. The average molecular weight is 297 g/mol. The van der Waals surface area contributed by atoms with Crippen molar-refractivity contribution in [3.05, 3.63) is 34.3 Å². The van der Waals surface area contributed by atoms with E-state index in [4.69, 9.17) is 11.6 Å². The molecule has 1 atom stereocenters. The Morgan fingerprint density at radius 2 is 1.75 bits per heavy atom. The molecule has 1 unspecified atom stereocenters. The molecule has 1 aromatic carbocycles. The standard InChI is InChI=1S/C17H27Cl.C2H6/c1-4-8-14(2)9-6-5-7-10-16-12-11-15(3)17(18)13-16;1-2/h11-14H,4-10H2,1-3H3;1-2H3. The van der Waals surface area contributed by atoms with E-state index in [2.05, 4.69) is 39.0 Å². The van der Waals surface area contributed by atoms with Gasteiger partial charge in [0.2, 0.25) is 0 Å². The van der Waals surface area contributed by atoms with Crippen LogP contribution in [-0.4, -0.2) is 0 Å². The molecule has 0 aliphatic heterocycles. The lowest BCUT2D eigenvalue weighted by Gasteiger charge is -2.09. The van der Waals surface area contributed by atoms with Gasteiger partial charge in [-0.25, -0.2) is 0 Å². The first-order chi connectivity index (χ1) is 9.63. The van der Waals surface area contributed by atoms with Gasteiger partial charge >= 0.3 is 0 Å². The first-order valence-corrected chi connectivity index (χ1v) is 8.76. The highest BCUT2D eigenvalue weighted by molar-refractivity contribution is 6.31. The monoisotopic (exact) mass is 296 g/mol. The summed E-state index contributed by atoms with van der Waals surface area (Å²) in [5, 5.41) is 0.907. The smallest absolute Gasteiger partial charge is 0.0437 e. The van der Waals surface area contributed by atoms with Gasteiger partial charge in [0.15, 0.2) is 0 Å². The van der Waals surface area contributed by atoms with Crippen LogP contribution in [0.15, 0.2) is 18.2 Å². The molecule has 1 heteroatoms. The first-order valence-electron chi connectivity index (χ1n) is 8.38. The van der Waals surface area contributed by atoms with E-state index in [0.29, 0.717) is 0 Å².